The highest BCUT2D eigenvalue weighted by Crippen LogP contribution is 2.29. The van der Waals surface area contributed by atoms with Gasteiger partial charge < -0.3 is 20.3 Å². The summed E-state index contributed by atoms with van der Waals surface area (Å²) < 4.78 is 5.30. The Morgan fingerprint density at radius 1 is 1.00 bits per heavy atom. The molecule has 2 N–H and O–H groups in total. The zero-order valence-corrected chi connectivity index (χ0v) is 20.4. The fourth-order valence-electron chi connectivity index (χ4n) is 4.05. The number of nitrogens with zero attached hydrogens (tertiary/aromatic N) is 3. The molecule has 6 nitrogen and oxygen atoms in total. The normalized spacial score (nSPS) is 11.9. The summed E-state index contributed by atoms with van der Waals surface area (Å²) >= 11 is 0. The second kappa shape index (κ2) is 11.0. The number of benzene rings is 2. The van der Waals surface area contributed by atoms with Crippen LogP contribution in [0.25, 0.3) is 22.2 Å². The van der Waals surface area contributed by atoms with E-state index in [1.807, 2.05) is 62.6 Å². The van der Waals surface area contributed by atoms with Gasteiger partial charge in [-0.2, -0.15) is 0 Å². The van der Waals surface area contributed by atoms with Crippen LogP contribution in [0.3, 0.4) is 0 Å². The van der Waals surface area contributed by atoms with E-state index in [0.717, 1.165) is 58.8 Å². The molecule has 0 radical (unpaired) electrons. The topological polar surface area (TPSA) is 62.3 Å². The third-order valence-electron chi connectivity index (χ3n) is 6.07. The largest absolute Gasteiger partial charge is 0.497 e. The molecule has 0 aliphatic carbocycles. The molecule has 4 aromatic rings. The monoisotopic (exact) mass is 455 g/mol. The lowest BCUT2D eigenvalue weighted by molar-refractivity contribution is 0.415. The molecule has 0 saturated carbocycles. The Kier molecular flexibility index (Phi) is 7.60. The van der Waals surface area contributed by atoms with Crippen molar-refractivity contribution < 1.29 is 4.74 Å². The Morgan fingerprint density at radius 2 is 1.79 bits per heavy atom. The van der Waals surface area contributed by atoms with Gasteiger partial charge in [-0.15, -0.1) is 0 Å². The number of hydrogen-bond acceptors (Lipinski definition) is 6. The van der Waals surface area contributed by atoms with Gasteiger partial charge in [-0.05, 0) is 67.9 Å². The van der Waals surface area contributed by atoms with E-state index in [1.54, 1.807) is 7.11 Å². The van der Waals surface area contributed by atoms with E-state index in [0.29, 0.717) is 6.04 Å². The molecule has 2 heterocycles. The van der Waals surface area contributed by atoms with E-state index in [9.17, 15) is 0 Å². The first-order chi connectivity index (χ1) is 16.6. The quantitative estimate of drug-likeness (QED) is 0.351. The second-order valence-electron chi connectivity index (χ2n) is 8.62. The summed E-state index contributed by atoms with van der Waals surface area (Å²) in [4.78, 5) is 11.5. The van der Waals surface area contributed by atoms with Gasteiger partial charge in [0.1, 0.15) is 11.6 Å². The highest BCUT2D eigenvalue weighted by atomic mass is 16.5. The lowest BCUT2D eigenvalue weighted by Gasteiger charge is -2.18. The van der Waals surface area contributed by atoms with Crippen LogP contribution in [0.4, 0.5) is 11.5 Å². The van der Waals surface area contributed by atoms with Crippen molar-refractivity contribution in [2.75, 3.05) is 45.0 Å². The maximum Gasteiger partial charge on any atom is 0.127 e. The van der Waals surface area contributed by atoms with Gasteiger partial charge in [0.15, 0.2) is 0 Å². The van der Waals surface area contributed by atoms with Gasteiger partial charge in [0.2, 0.25) is 0 Å². The van der Waals surface area contributed by atoms with Gasteiger partial charge in [0, 0.05) is 49.5 Å². The molecule has 34 heavy (non-hydrogen) atoms. The maximum absolute atomic E-state index is 5.30. The number of para-hydroxylation sites is 1. The number of methoxy groups -OCH3 is 1. The summed E-state index contributed by atoms with van der Waals surface area (Å²) in [5.74, 6) is 1.82. The third-order valence-corrected chi connectivity index (χ3v) is 6.07. The molecule has 2 aromatic heterocycles. The zero-order chi connectivity index (χ0) is 23.9. The van der Waals surface area contributed by atoms with Crippen molar-refractivity contribution in [3.05, 3.63) is 78.5 Å². The molecule has 0 fully saturated rings. The fraction of sp³-hybridized carbons (Fsp3) is 0.286. The molecule has 0 spiro atoms. The van der Waals surface area contributed by atoms with E-state index in [1.165, 1.54) is 5.56 Å². The second-order valence-corrected chi connectivity index (χ2v) is 8.62. The first kappa shape index (κ1) is 23.5. The molecule has 4 rings (SSSR count). The van der Waals surface area contributed by atoms with E-state index < -0.39 is 0 Å². The molecule has 0 aliphatic rings. The molecule has 176 valence electrons. The van der Waals surface area contributed by atoms with Crippen LogP contribution in [0.15, 0.2) is 72.9 Å². The molecule has 0 saturated heterocycles. The van der Waals surface area contributed by atoms with Gasteiger partial charge in [-0.1, -0.05) is 24.3 Å². The first-order valence-electron chi connectivity index (χ1n) is 11.6. The van der Waals surface area contributed by atoms with Crippen molar-refractivity contribution in [1.82, 2.24) is 15.3 Å². The number of likely N-dealkylation sites (N-methyl/N-ethyl adjacent to an activating group) is 1. The van der Waals surface area contributed by atoms with Gasteiger partial charge in [0.25, 0.3) is 0 Å². The Bertz CT molecular complexity index is 1210. The predicted molar refractivity (Wildman–Crippen MR) is 142 cm³/mol. The molecule has 0 amide bonds. The molecular formula is C28H33N5O. The first-order valence-corrected chi connectivity index (χ1v) is 11.6. The van der Waals surface area contributed by atoms with Gasteiger partial charge in [0.05, 0.1) is 18.3 Å². The minimum atomic E-state index is 0.355. The number of ether oxygens (including phenoxy) is 1. The molecule has 2 aromatic carbocycles. The molecule has 1 atom stereocenters. The number of nitrogens with one attached hydrogen (secondary N) is 2. The maximum atomic E-state index is 5.30. The van der Waals surface area contributed by atoms with Crippen molar-refractivity contribution in [1.29, 1.82) is 0 Å². The highest BCUT2D eigenvalue weighted by Gasteiger charge is 2.11. The number of aromatic nitrogens is 2. The average Bonchev–Trinajstić information content (AvgIpc) is 2.88. The molecule has 1 unspecified atom stereocenters. The number of fused-ring (bicyclic) bond motifs is 1. The Morgan fingerprint density at radius 3 is 2.47 bits per heavy atom. The number of rotatable bonds is 10. The summed E-state index contributed by atoms with van der Waals surface area (Å²) in [7, 11) is 7.72. The van der Waals surface area contributed by atoms with Crippen LogP contribution in [0.2, 0.25) is 0 Å². The highest BCUT2D eigenvalue weighted by molar-refractivity contribution is 5.93. The van der Waals surface area contributed by atoms with Crippen LogP contribution < -0.4 is 20.3 Å². The van der Waals surface area contributed by atoms with E-state index in [2.05, 4.69) is 52.0 Å². The van der Waals surface area contributed by atoms with Crippen LogP contribution in [-0.4, -0.2) is 50.8 Å². The van der Waals surface area contributed by atoms with Gasteiger partial charge >= 0.3 is 0 Å². The van der Waals surface area contributed by atoms with Crippen molar-refractivity contribution in [2.45, 2.75) is 18.9 Å². The lowest BCUT2D eigenvalue weighted by atomic mass is 10.0. The summed E-state index contributed by atoms with van der Waals surface area (Å²) in [5.41, 5.74) is 5.33. The van der Waals surface area contributed by atoms with Crippen molar-refractivity contribution >= 4 is 22.4 Å². The summed E-state index contributed by atoms with van der Waals surface area (Å²) in [6.45, 7) is 0.852. The lowest BCUT2D eigenvalue weighted by Crippen LogP contribution is -2.30. The van der Waals surface area contributed by atoms with Crippen LogP contribution >= 0.6 is 0 Å². The number of hydrogen-bond donors (Lipinski definition) is 2. The van der Waals surface area contributed by atoms with Crippen molar-refractivity contribution in [2.24, 2.45) is 0 Å². The van der Waals surface area contributed by atoms with E-state index in [4.69, 9.17) is 9.72 Å². The SMILES string of the molecule is CNC(CCNc1cc(-c2ccc(OC)cc2)nc2ccccc12)Cc1ccc(N(C)C)nc1. The summed E-state index contributed by atoms with van der Waals surface area (Å²) in [6, 6.07) is 23.0. The Hall–Kier alpha value is -3.64. The predicted octanol–water partition coefficient (Wildman–Crippen LogP) is 5.00. The van der Waals surface area contributed by atoms with Crippen LogP contribution in [0, 0.1) is 0 Å². The number of pyridine rings is 2. The zero-order valence-electron chi connectivity index (χ0n) is 20.4. The fourth-order valence-corrected chi connectivity index (χ4v) is 4.05. The van der Waals surface area contributed by atoms with E-state index in [-0.39, 0.29) is 0 Å². The average molecular weight is 456 g/mol. The smallest absolute Gasteiger partial charge is 0.127 e. The van der Waals surface area contributed by atoms with E-state index >= 15 is 0 Å². The van der Waals surface area contributed by atoms with Crippen molar-refractivity contribution in [3.63, 3.8) is 0 Å². The van der Waals surface area contributed by atoms with Crippen LogP contribution in [-0.2, 0) is 6.42 Å². The standard InChI is InChI=1S/C28H33N5O/c1-29-22(17-20-9-14-28(31-19-20)33(2)3)15-16-30-27-18-26(21-10-12-23(34-4)13-11-21)32-25-8-6-5-7-24(25)27/h5-14,18-19,22,29H,15-17H2,1-4H3,(H,30,32). The van der Waals surface area contributed by atoms with Crippen LogP contribution in [0.1, 0.15) is 12.0 Å². The molecule has 0 bridgehead atoms. The Labute approximate surface area is 202 Å². The van der Waals surface area contributed by atoms with Gasteiger partial charge in [-0.3, -0.25) is 0 Å². The molecule has 0 aliphatic heterocycles. The summed E-state index contributed by atoms with van der Waals surface area (Å²) in [6.07, 6.45) is 3.90. The third kappa shape index (κ3) is 5.64. The number of anilines is 2. The molecule has 6 heteroatoms. The molecular weight excluding hydrogens is 422 g/mol. The van der Waals surface area contributed by atoms with Crippen LogP contribution in [0.5, 0.6) is 5.75 Å². The summed E-state index contributed by atoms with van der Waals surface area (Å²) in [5, 5.41) is 8.25. The minimum absolute atomic E-state index is 0.355. The minimum Gasteiger partial charge on any atom is -0.497 e. The Balaban J connectivity index is 1.47. The van der Waals surface area contributed by atoms with Gasteiger partial charge in [-0.25, -0.2) is 9.97 Å². The van der Waals surface area contributed by atoms with Crippen molar-refractivity contribution in [3.8, 4) is 17.0 Å².